The first kappa shape index (κ1) is 17.2. The summed E-state index contributed by atoms with van der Waals surface area (Å²) < 4.78 is 10.1. The molecule has 1 rings (SSSR count). The van der Waals surface area contributed by atoms with Gasteiger partial charge in [0.05, 0.1) is 29.7 Å². The van der Waals surface area contributed by atoms with Crippen molar-refractivity contribution < 1.29 is 19.2 Å². The van der Waals surface area contributed by atoms with Gasteiger partial charge in [0.2, 0.25) is 0 Å². The summed E-state index contributed by atoms with van der Waals surface area (Å²) in [5.74, 6) is -0.215. The van der Waals surface area contributed by atoms with Crippen LogP contribution in [0, 0.1) is 10.1 Å². The van der Waals surface area contributed by atoms with Crippen molar-refractivity contribution in [2.24, 2.45) is 0 Å². The third kappa shape index (κ3) is 4.30. The smallest absolute Gasteiger partial charge is 0.325 e. The normalized spacial score (nSPS) is 13.3. The van der Waals surface area contributed by atoms with E-state index in [1.807, 2.05) is 0 Å². The van der Waals surface area contributed by atoms with E-state index in [1.54, 1.807) is 14.0 Å². The van der Waals surface area contributed by atoms with Crippen molar-refractivity contribution in [3.63, 3.8) is 0 Å². The summed E-state index contributed by atoms with van der Waals surface area (Å²) in [6, 6.07) is 3.94. The second-order valence-corrected chi connectivity index (χ2v) is 4.95. The van der Waals surface area contributed by atoms with E-state index in [-0.39, 0.29) is 23.1 Å². The molecule has 0 fully saturated rings. The van der Waals surface area contributed by atoms with Gasteiger partial charge in [-0.15, -0.1) is 0 Å². The zero-order chi connectivity index (χ0) is 16.0. The average Bonchev–Trinajstić information content (AvgIpc) is 2.47. The number of halogens is 1. The molecule has 0 amide bonds. The summed E-state index contributed by atoms with van der Waals surface area (Å²) in [7, 11) is 2.94. The van der Waals surface area contributed by atoms with Gasteiger partial charge in [0.1, 0.15) is 11.3 Å². The van der Waals surface area contributed by atoms with Crippen LogP contribution in [0.3, 0.4) is 0 Å². The Bertz CT molecular complexity index is 537. The van der Waals surface area contributed by atoms with Crippen molar-refractivity contribution in [3.8, 4) is 5.75 Å². The summed E-state index contributed by atoms with van der Waals surface area (Å²) >= 11 is 5.92. The zero-order valence-electron chi connectivity index (χ0n) is 12.0. The van der Waals surface area contributed by atoms with Crippen LogP contribution >= 0.6 is 11.6 Å². The Labute approximate surface area is 127 Å². The number of methoxy groups -OCH3 is 1. The van der Waals surface area contributed by atoms with Crippen LogP contribution in [0.15, 0.2) is 18.2 Å². The van der Waals surface area contributed by atoms with E-state index >= 15 is 0 Å². The molecule has 0 heterocycles. The van der Waals surface area contributed by atoms with Gasteiger partial charge in [-0.25, -0.2) is 0 Å². The van der Waals surface area contributed by atoms with Crippen molar-refractivity contribution in [2.45, 2.75) is 18.9 Å². The van der Waals surface area contributed by atoms with Gasteiger partial charge in [-0.05, 0) is 20.0 Å². The molecule has 0 aliphatic carbocycles. The number of benzene rings is 1. The van der Waals surface area contributed by atoms with Gasteiger partial charge in [0.15, 0.2) is 0 Å². The van der Waals surface area contributed by atoms with E-state index in [2.05, 4.69) is 5.32 Å². The van der Waals surface area contributed by atoms with Crippen molar-refractivity contribution >= 4 is 23.3 Å². The first-order valence-corrected chi connectivity index (χ1v) is 6.56. The molecule has 8 heteroatoms. The molecule has 0 radical (unpaired) electrons. The Kier molecular flexibility index (Phi) is 5.92. The molecule has 0 saturated heterocycles. The van der Waals surface area contributed by atoms with E-state index in [9.17, 15) is 14.9 Å². The minimum Gasteiger partial charge on any atom is -0.492 e. The highest BCUT2D eigenvalue weighted by Gasteiger charge is 2.32. The molecule has 1 aromatic carbocycles. The van der Waals surface area contributed by atoms with Gasteiger partial charge in [0, 0.05) is 12.5 Å². The molecule has 0 spiro atoms. The maximum absolute atomic E-state index is 11.7. The number of nitro benzene ring substituents is 1. The van der Waals surface area contributed by atoms with Crippen molar-refractivity contribution in [1.82, 2.24) is 5.32 Å². The number of likely N-dealkylation sites (N-methyl/N-ethyl adjacent to an activating group) is 1. The molecule has 116 valence electrons. The predicted molar refractivity (Wildman–Crippen MR) is 77.7 cm³/mol. The molecule has 1 aromatic rings. The van der Waals surface area contributed by atoms with Crippen LogP contribution in [0.5, 0.6) is 5.75 Å². The Hall–Kier alpha value is -1.86. The maximum atomic E-state index is 11.7. The fourth-order valence-corrected chi connectivity index (χ4v) is 1.81. The van der Waals surface area contributed by atoms with Crippen LogP contribution in [0.1, 0.15) is 13.3 Å². The standard InChI is InChI=1S/C13H17ClN2O5/c1-13(15-2,12(17)20-3)6-7-21-11-8-9(16(18)19)4-5-10(11)14/h4-5,8,15H,6-7H2,1-3H3. The number of hydrogen-bond donors (Lipinski definition) is 1. The molecule has 0 aliphatic heterocycles. The Morgan fingerprint density at radius 2 is 2.19 bits per heavy atom. The van der Waals surface area contributed by atoms with Gasteiger partial charge in [-0.2, -0.15) is 0 Å². The van der Waals surface area contributed by atoms with Gasteiger partial charge in [-0.3, -0.25) is 14.9 Å². The number of carbonyl (C=O) groups excluding carboxylic acids is 1. The zero-order valence-corrected chi connectivity index (χ0v) is 12.8. The molecule has 1 atom stereocenters. The fraction of sp³-hybridized carbons (Fsp3) is 0.462. The third-order valence-electron chi connectivity index (χ3n) is 3.17. The van der Waals surface area contributed by atoms with Crippen molar-refractivity contribution in [2.75, 3.05) is 20.8 Å². The average molecular weight is 317 g/mol. The SMILES string of the molecule is CNC(C)(CCOc1cc([N+](=O)[O-])ccc1Cl)C(=O)OC. The highest BCUT2D eigenvalue weighted by Crippen LogP contribution is 2.29. The third-order valence-corrected chi connectivity index (χ3v) is 3.49. The number of nitro groups is 1. The molecular formula is C13H17ClN2O5. The number of nitrogens with zero attached hydrogens (tertiary/aromatic N) is 1. The van der Waals surface area contributed by atoms with Gasteiger partial charge in [0.25, 0.3) is 5.69 Å². The van der Waals surface area contributed by atoms with E-state index in [0.29, 0.717) is 6.42 Å². The molecule has 21 heavy (non-hydrogen) atoms. The minimum atomic E-state index is -0.901. The van der Waals surface area contributed by atoms with Gasteiger partial charge >= 0.3 is 5.97 Å². The van der Waals surface area contributed by atoms with Gasteiger partial charge in [-0.1, -0.05) is 11.6 Å². The summed E-state index contributed by atoms with van der Waals surface area (Å²) in [5.41, 5.74) is -1.01. The summed E-state index contributed by atoms with van der Waals surface area (Å²) in [6.45, 7) is 1.82. The summed E-state index contributed by atoms with van der Waals surface area (Å²) in [4.78, 5) is 21.8. The highest BCUT2D eigenvalue weighted by molar-refractivity contribution is 6.32. The molecule has 0 aromatic heterocycles. The van der Waals surface area contributed by atoms with Crippen LogP contribution < -0.4 is 10.1 Å². The highest BCUT2D eigenvalue weighted by atomic mass is 35.5. The van der Waals surface area contributed by atoms with Crippen LogP contribution in [0.25, 0.3) is 0 Å². The van der Waals surface area contributed by atoms with E-state index < -0.39 is 16.4 Å². The second kappa shape index (κ2) is 7.24. The topological polar surface area (TPSA) is 90.7 Å². The second-order valence-electron chi connectivity index (χ2n) is 4.54. The van der Waals surface area contributed by atoms with Gasteiger partial charge < -0.3 is 14.8 Å². The minimum absolute atomic E-state index is 0.112. The number of nitrogens with one attached hydrogen (secondary N) is 1. The molecule has 0 bridgehead atoms. The Morgan fingerprint density at radius 1 is 1.52 bits per heavy atom. The number of non-ortho nitro benzene ring substituents is 1. The lowest BCUT2D eigenvalue weighted by atomic mass is 9.99. The number of carbonyl (C=O) groups is 1. The first-order valence-electron chi connectivity index (χ1n) is 6.18. The number of ether oxygens (including phenoxy) is 2. The molecule has 1 N–H and O–H groups in total. The number of hydrogen-bond acceptors (Lipinski definition) is 6. The van der Waals surface area contributed by atoms with Crippen LogP contribution in [0.2, 0.25) is 5.02 Å². The Balaban J connectivity index is 2.73. The summed E-state index contributed by atoms with van der Waals surface area (Å²) in [5, 5.41) is 13.8. The molecule has 0 aliphatic rings. The predicted octanol–water partition coefficient (Wildman–Crippen LogP) is 2.17. The van der Waals surface area contributed by atoms with Crippen LogP contribution in [-0.2, 0) is 9.53 Å². The summed E-state index contributed by atoms with van der Waals surface area (Å²) in [6.07, 6.45) is 0.315. The lowest BCUT2D eigenvalue weighted by molar-refractivity contribution is -0.384. The van der Waals surface area contributed by atoms with Crippen LogP contribution in [-0.4, -0.2) is 37.2 Å². The monoisotopic (exact) mass is 316 g/mol. The van der Waals surface area contributed by atoms with Crippen molar-refractivity contribution in [1.29, 1.82) is 0 Å². The fourth-order valence-electron chi connectivity index (χ4n) is 1.64. The van der Waals surface area contributed by atoms with Crippen LogP contribution in [0.4, 0.5) is 5.69 Å². The van der Waals surface area contributed by atoms with E-state index in [0.717, 1.165) is 0 Å². The van der Waals surface area contributed by atoms with Crippen molar-refractivity contribution in [3.05, 3.63) is 33.3 Å². The molecule has 7 nitrogen and oxygen atoms in total. The molecule has 1 unspecified atom stereocenters. The lowest BCUT2D eigenvalue weighted by Crippen LogP contribution is -2.49. The van der Waals surface area contributed by atoms with E-state index in [4.69, 9.17) is 21.1 Å². The van der Waals surface area contributed by atoms with E-state index in [1.165, 1.54) is 25.3 Å². The first-order chi connectivity index (χ1) is 9.84. The number of rotatable bonds is 7. The maximum Gasteiger partial charge on any atom is 0.325 e. The Morgan fingerprint density at radius 3 is 2.71 bits per heavy atom. The quantitative estimate of drug-likeness (QED) is 0.471. The molecule has 0 saturated carbocycles. The number of esters is 1. The lowest BCUT2D eigenvalue weighted by Gasteiger charge is -2.25. The molecular weight excluding hydrogens is 300 g/mol. The largest absolute Gasteiger partial charge is 0.492 e.